The van der Waals surface area contributed by atoms with Gasteiger partial charge in [-0.15, -0.1) is 0 Å². The van der Waals surface area contributed by atoms with Gasteiger partial charge >= 0.3 is 0 Å². The molecule has 0 heterocycles. The molecule has 1 aromatic rings. The third-order valence-electron chi connectivity index (χ3n) is 3.08. The molecule has 0 saturated carbocycles. The van der Waals surface area contributed by atoms with Gasteiger partial charge in [0.1, 0.15) is 12.4 Å². The number of rotatable bonds is 6. The first kappa shape index (κ1) is 16.0. The first-order valence-electron chi connectivity index (χ1n) is 6.88. The molecule has 0 aromatic heterocycles. The van der Waals surface area contributed by atoms with Gasteiger partial charge in [0.05, 0.1) is 6.61 Å². The van der Waals surface area contributed by atoms with Crippen LogP contribution >= 0.6 is 0 Å². The van der Waals surface area contributed by atoms with Crippen LogP contribution in [-0.2, 0) is 10.2 Å². The van der Waals surface area contributed by atoms with Gasteiger partial charge in [0.25, 0.3) is 0 Å². The lowest BCUT2D eigenvalue weighted by molar-refractivity contribution is 0.146. The molecule has 0 unspecified atom stereocenters. The van der Waals surface area contributed by atoms with Crippen molar-refractivity contribution in [1.82, 2.24) is 0 Å². The molecule has 1 aromatic carbocycles. The number of methoxy groups -OCH3 is 1. The highest BCUT2D eigenvalue weighted by atomic mass is 16.5. The largest absolute Gasteiger partial charge is 0.491 e. The van der Waals surface area contributed by atoms with Crippen LogP contribution in [0.15, 0.2) is 18.2 Å². The van der Waals surface area contributed by atoms with Crippen molar-refractivity contribution in [2.24, 2.45) is 5.41 Å². The molecule has 19 heavy (non-hydrogen) atoms. The van der Waals surface area contributed by atoms with Gasteiger partial charge in [0, 0.05) is 13.2 Å². The van der Waals surface area contributed by atoms with Crippen LogP contribution in [0.2, 0.25) is 0 Å². The average Bonchev–Trinajstić information content (AvgIpc) is 2.27. The summed E-state index contributed by atoms with van der Waals surface area (Å²) in [6.45, 7) is 12.6. The number of ether oxygens (including phenoxy) is 2. The van der Waals surface area contributed by atoms with Crippen LogP contribution in [0.1, 0.15) is 46.6 Å². The Morgan fingerprint density at radius 2 is 1.74 bits per heavy atom. The predicted octanol–water partition coefficient (Wildman–Crippen LogP) is 4.23. The SMILES string of the molecule is COCCOc1[c]cc(C(C)(C)CC(C)(C)C)cc1. The van der Waals surface area contributed by atoms with Gasteiger partial charge in [-0.2, -0.15) is 0 Å². The van der Waals surface area contributed by atoms with E-state index in [2.05, 4.69) is 46.8 Å². The molecule has 1 radical (unpaired) electrons. The molecule has 0 N–H and O–H groups in total. The van der Waals surface area contributed by atoms with Crippen molar-refractivity contribution in [3.63, 3.8) is 0 Å². The first-order chi connectivity index (χ1) is 8.74. The van der Waals surface area contributed by atoms with Crippen LogP contribution < -0.4 is 4.74 Å². The maximum absolute atomic E-state index is 5.53. The Hall–Kier alpha value is -1.02. The second-order valence-electron chi connectivity index (χ2n) is 6.90. The minimum Gasteiger partial charge on any atom is -0.491 e. The zero-order chi connectivity index (χ0) is 14.5. The quantitative estimate of drug-likeness (QED) is 0.715. The van der Waals surface area contributed by atoms with Crippen molar-refractivity contribution >= 4 is 0 Å². The highest BCUT2D eigenvalue weighted by Gasteiger charge is 2.27. The maximum atomic E-state index is 5.53. The summed E-state index contributed by atoms with van der Waals surface area (Å²) < 4.78 is 10.5. The van der Waals surface area contributed by atoms with Crippen LogP contribution in [-0.4, -0.2) is 20.3 Å². The van der Waals surface area contributed by atoms with Crippen molar-refractivity contribution in [1.29, 1.82) is 0 Å². The fourth-order valence-electron chi connectivity index (χ4n) is 2.58. The van der Waals surface area contributed by atoms with E-state index in [1.165, 1.54) is 5.56 Å². The molecule has 0 amide bonds. The Labute approximate surface area is 118 Å². The van der Waals surface area contributed by atoms with Gasteiger partial charge in [0.15, 0.2) is 0 Å². The third kappa shape index (κ3) is 5.65. The van der Waals surface area contributed by atoms with E-state index in [4.69, 9.17) is 9.47 Å². The van der Waals surface area contributed by atoms with Crippen molar-refractivity contribution < 1.29 is 9.47 Å². The van der Waals surface area contributed by atoms with Gasteiger partial charge in [-0.3, -0.25) is 0 Å². The fourth-order valence-corrected chi connectivity index (χ4v) is 2.58. The first-order valence-corrected chi connectivity index (χ1v) is 6.88. The van der Waals surface area contributed by atoms with Gasteiger partial charge in [-0.1, -0.05) is 40.7 Å². The average molecular weight is 263 g/mol. The van der Waals surface area contributed by atoms with Crippen molar-refractivity contribution in [3.8, 4) is 5.75 Å². The van der Waals surface area contributed by atoms with Crippen molar-refractivity contribution in [2.45, 2.75) is 46.5 Å². The normalized spacial score (nSPS) is 12.5. The fraction of sp³-hybridized carbons (Fsp3) is 0.647. The molecule has 0 aliphatic rings. The Balaban J connectivity index is 2.69. The zero-order valence-corrected chi connectivity index (χ0v) is 13.2. The summed E-state index contributed by atoms with van der Waals surface area (Å²) in [6, 6.07) is 9.40. The molecule has 0 saturated heterocycles. The zero-order valence-electron chi connectivity index (χ0n) is 13.2. The van der Waals surface area contributed by atoms with Crippen molar-refractivity contribution in [2.75, 3.05) is 20.3 Å². The van der Waals surface area contributed by atoms with E-state index in [0.717, 1.165) is 12.2 Å². The second kappa shape index (κ2) is 6.42. The Morgan fingerprint density at radius 3 is 2.21 bits per heavy atom. The molecule has 0 fully saturated rings. The van der Waals surface area contributed by atoms with Gasteiger partial charge in [0.2, 0.25) is 0 Å². The lowest BCUT2D eigenvalue weighted by atomic mass is 9.72. The van der Waals surface area contributed by atoms with E-state index >= 15 is 0 Å². The summed E-state index contributed by atoms with van der Waals surface area (Å²) in [4.78, 5) is 0. The van der Waals surface area contributed by atoms with Crippen LogP contribution in [0.3, 0.4) is 0 Å². The van der Waals surface area contributed by atoms with Gasteiger partial charge in [-0.05, 0) is 34.9 Å². The standard InChI is InChI=1S/C17H27O2/c1-16(2,3)13-17(4,5)14-7-9-15(10-8-14)19-12-11-18-6/h7-9H,11-13H2,1-6H3. The number of benzene rings is 1. The van der Waals surface area contributed by atoms with Crippen molar-refractivity contribution in [3.05, 3.63) is 29.8 Å². The molecule has 2 nitrogen and oxygen atoms in total. The Kier molecular flexibility index (Phi) is 5.42. The maximum Gasteiger partial charge on any atom is 0.127 e. The van der Waals surface area contributed by atoms with E-state index < -0.39 is 0 Å². The van der Waals surface area contributed by atoms with E-state index in [1.807, 2.05) is 12.1 Å². The molecule has 0 aliphatic carbocycles. The summed E-state index contributed by atoms with van der Waals surface area (Å²) in [5.74, 6) is 0.785. The summed E-state index contributed by atoms with van der Waals surface area (Å²) in [5, 5.41) is 0. The van der Waals surface area contributed by atoms with E-state index in [0.29, 0.717) is 18.6 Å². The molecule has 1 rings (SSSR count). The Morgan fingerprint density at radius 1 is 1.05 bits per heavy atom. The molecule has 2 heteroatoms. The van der Waals surface area contributed by atoms with E-state index in [-0.39, 0.29) is 5.41 Å². The predicted molar refractivity (Wildman–Crippen MR) is 79.7 cm³/mol. The minimum absolute atomic E-state index is 0.153. The molecule has 0 bridgehead atoms. The number of hydrogen-bond donors (Lipinski definition) is 0. The highest BCUT2D eigenvalue weighted by Crippen LogP contribution is 2.36. The second-order valence-corrected chi connectivity index (χ2v) is 6.90. The molecular weight excluding hydrogens is 236 g/mol. The lowest BCUT2D eigenvalue weighted by Gasteiger charge is -2.33. The van der Waals surface area contributed by atoms with Gasteiger partial charge < -0.3 is 9.47 Å². The van der Waals surface area contributed by atoms with Crippen LogP contribution in [0.25, 0.3) is 0 Å². The highest BCUT2D eigenvalue weighted by molar-refractivity contribution is 5.30. The van der Waals surface area contributed by atoms with E-state index in [9.17, 15) is 0 Å². The molecule has 0 spiro atoms. The summed E-state index contributed by atoms with van der Waals surface area (Å²) in [6.07, 6.45) is 1.14. The van der Waals surface area contributed by atoms with Crippen LogP contribution in [0.5, 0.6) is 5.75 Å². The molecule has 0 atom stereocenters. The smallest absolute Gasteiger partial charge is 0.127 e. The minimum atomic E-state index is 0.153. The van der Waals surface area contributed by atoms with Gasteiger partial charge in [-0.25, -0.2) is 0 Å². The monoisotopic (exact) mass is 263 g/mol. The molecule has 0 aliphatic heterocycles. The summed E-state index contributed by atoms with van der Waals surface area (Å²) >= 11 is 0. The Bertz CT molecular complexity index is 371. The number of hydrogen-bond acceptors (Lipinski definition) is 2. The topological polar surface area (TPSA) is 18.5 Å². The summed E-state index contributed by atoms with van der Waals surface area (Å²) in [7, 11) is 1.67. The lowest BCUT2D eigenvalue weighted by Crippen LogP contribution is -2.24. The summed E-state index contributed by atoms with van der Waals surface area (Å²) in [5.41, 5.74) is 1.78. The van der Waals surface area contributed by atoms with Crippen LogP contribution in [0, 0.1) is 11.5 Å². The van der Waals surface area contributed by atoms with Crippen LogP contribution in [0.4, 0.5) is 0 Å². The van der Waals surface area contributed by atoms with E-state index in [1.54, 1.807) is 7.11 Å². The molecular formula is C17H27O2. The molecule has 107 valence electrons. The third-order valence-corrected chi connectivity index (χ3v) is 3.08.